The highest BCUT2D eigenvalue weighted by Gasteiger charge is 2.42. The molecule has 0 saturated carbocycles. The molecule has 1 aromatic rings. The average molecular weight is 322 g/mol. The van der Waals surface area contributed by atoms with E-state index in [9.17, 15) is 14.4 Å². The molecule has 2 atom stereocenters. The number of nitrogens with one attached hydrogen (secondary N) is 1. The second kappa shape index (κ2) is 6.04. The molecule has 0 radical (unpaired) electrons. The monoisotopic (exact) mass is 322 g/mol. The Morgan fingerprint density at radius 2 is 2.18 bits per heavy atom. The van der Waals surface area contributed by atoms with Crippen molar-refractivity contribution in [2.45, 2.75) is 37.8 Å². The van der Waals surface area contributed by atoms with Gasteiger partial charge in [-0.15, -0.1) is 11.3 Å². The van der Waals surface area contributed by atoms with E-state index in [4.69, 9.17) is 0 Å². The van der Waals surface area contributed by atoms with Crippen molar-refractivity contribution in [2.24, 2.45) is 0 Å². The van der Waals surface area contributed by atoms with Crippen molar-refractivity contribution in [3.05, 3.63) is 11.6 Å². The van der Waals surface area contributed by atoms with Crippen molar-refractivity contribution in [3.8, 4) is 0 Å². The van der Waals surface area contributed by atoms with Gasteiger partial charge in [0.1, 0.15) is 6.42 Å². The third-order valence-corrected chi connectivity index (χ3v) is 4.91. The second-order valence-electron chi connectivity index (χ2n) is 5.73. The topological polar surface area (TPSA) is 82.6 Å². The van der Waals surface area contributed by atoms with Crippen LogP contribution in [0.1, 0.15) is 25.7 Å². The van der Waals surface area contributed by atoms with E-state index < -0.39 is 0 Å². The third-order valence-electron chi connectivity index (χ3n) is 4.22. The van der Waals surface area contributed by atoms with Crippen molar-refractivity contribution in [1.29, 1.82) is 0 Å². The van der Waals surface area contributed by atoms with Gasteiger partial charge in [0.25, 0.3) is 0 Å². The first-order chi connectivity index (χ1) is 10.5. The number of aromatic nitrogens is 1. The normalized spacial score (nSPS) is 24.3. The van der Waals surface area contributed by atoms with Crippen LogP contribution < -0.4 is 5.32 Å². The van der Waals surface area contributed by atoms with E-state index in [-0.39, 0.29) is 36.2 Å². The molecule has 7 nitrogen and oxygen atoms in total. The predicted molar refractivity (Wildman–Crippen MR) is 81.3 cm³/mol. The Morgan fingerprint density at radius 1 is 1.41 bits per heavy atom. The summed E-state index contributed by atoms with van der Waals surface area (Å²) >= 11 is 1.31. The maximum Gasteiger partial charge on any atom is 0.235 e. The largest absolute Gasteiger partial charge is 0.344 e. The standard InChI is InChI=1S/C14H18N4O3S/c1-17-8-10-3-2-9(6-12(17)20)18(10)13(21)7-11(19)16-14-15-4-5-22-14/h4-5,9-10H,2-3,6-8H2,1H3,(H,15,16,19)/t9-,10+/m1/s1. The Hall–Kier alpha value is -1.96. The number of carbonyl (C=O) groups excluding carboxylic acids is 3. The Balaban J connectivity index is 1.64. The van der Waals surface area contributed by atoms with E-state index in [1.807, 2.05) is 0 Å². The van der Waals surface area contributed by atoms with Crippen LogP contribution in [0.2, 0.25) is 0 Å². The molecule has 3 heterocycles. The van der Waals surface area contributed by atoms with Gasteiger partial charge < -0.3 is 15.1 Å². The summed E-state index contributed by atoms with van der Waals surface area (Å²) in [6.07, 6.45) is 3.47. The Bertz CT molecular complexity index is 589. The van der Waals surface area contributed by atoms with E-state index >= 15 is 0 Å². The summed E-state index contributed by atoms with van der Waals surface area (Å²) < 4.78 is 0. The number of likely N-dealkylation sites (tertiary alicyclic amines) is 1. The minimum atomic E-state index is -0.358. The smallest absolute Gasteiger partial charge is 0.235 e. The molecule has 3 rings (SSSR count). The summed E-state index contributed by atoms with van der Waals surface area (Å²) in [5, 5.41) is 4.87. The van der Waals surface area contributed by atoms with Crippen LogP contribution in [0.4, 0.5) is 5.13 Å². The van der Waals surface area contributed by atoms with Crippen LogP contribution in [0.5, 0.6) is 0 Å². The molecule has 3 amide bonds. The van der Waals surface area contributed by atoms with Crippen LogP contribution in [0.3, 0.4) is 0 Å². The summed E-state index contributed by atoms with van der Waals surface area (Å²) in [6.45, 7) is 0.551. The highest BCUT2D eigenvalue weighted by molar-refractivity contribution is 7.13. The van der Waals surface area contributed by atoms with Crippen LogP contribution in [0, 0.1) is 0 Å². The van der Waals surface area contributed by atoms with E-state index in [1.165, 1.54) is 11.3 Å². The van der Waals surface area contributed by atoms with E-state index in [0.29, 0.717) is 18.1 Å². The van der Waals surface area contributed by atoms with Gasteiger partial charge in [-0.05, 0) is 12.8 Å². The highest BCUT2D eigenvalue weighted by Crippen LogP contribution is 2.31. The quantitative estimate of drug-likeness (QED) is 0.830. The Kier molecular flexibility index (Phi) is 4.10. The first-order valence-corrected chi connectivity index (χ1v) is 8.17. The summed E-state index contributed by atoms with van der Waals surface area (Å²) in [5.41, 5.74) is 0. The van der Waals surface area contributed by atoms with Crippen LogP contribution in [-0.4, -0.2) is 58.2 Å². The molecule has 1 aromatic heterocycles. The lowest BCUT2D eigenvalue weighted by molar-refractivity contribution is -0.136. The van der Waals surface area contributed by atoms with Gasteiger partial charge in [0.2, 0.25) is 17.7 Å². The van der Waals surface area contributed by atoms with Gasteiger partial charge >= 0.3 is 0 Å². The zero-order chi connectivity index (χ0) is 15.7. The maximum atomic E-state index is 12.5. The molecular formula is C14H18N4O3S. The van der Waals surface area contributed by atoms with Gasteiger partial charge in [-0.3, -0.25) is 14.4 Å². The molecule has 2 aliphatic rings. The summed E-state index contributed by atoms with van der Waals surface area (Å²) in [6, 6.07) is -0.0378. The zero-order valence-corrected chi connectivity index (χ0v) is 13.1. The van der Waals surface area contributed by atoms with E-state index in [0.717, 1.165) is 12.8 Å². The number of thiazole rings is 1. The maximum absolute atomic E-state index is 12.5. The number of amides is 3. The minimum Gasteiger partial charge on any atom is -0.344 e. The fourth-order valence-corrected chi connectivity index (χ4v) is 3.75. The second-order valence-corrected chi connectivity index (χ2v) is 6.62. The molecule has 2 saturated heterocycles. The fourth-order valence-electron chi connectivity index (χ4n) is 3.20. The number of carbonyl (C=O) groups is 3. The first kappa shape index (κ1) is 15.0. The number of nitrogens with zero attached hydrogens (tertiary/aromatic N) is 3. The van der Waals surface area contributed by atoms with Gasteiger partial charge in [-0.25, -0.2) is 4.98 Å². The molecule has 2 bridgehead atoms. The Labute approximate surface area is 132 Å². The van der Waals surface area contributed by atoms with E-state index in [2.05, 4.69) is 10.3 Å². The van der Waals surface area contributed by atoms with Crippen LogP contribution in [0.25, 0.3) is 0 Å². The van der Waals surface area contributed by atoms with Crippen molar-refractivity contribution in [3.63, 3.8) is 0 Å². The lowest BCUT2D eigenvalue weighted by Crippen LogP contribution is -2.43. The third kappa shape index (κ3) is 2.96. The molecule has 118 valence electrons. The molecule has 2 aliphatic heterocycles. The van der Waals surface area contributed by atoms with Crippen molar-refractivity contribution < 1.29 is 14.4 Å². The van der Waals surface area contributed by atoms with Gasteiger partial charge in [0, 0.05) is 43.7 Å². The fraction of sp³-hybridized carbons (Fsp3) is 0.571. The highest BCUT2D eigenvalue weighted by atomic mass is 32.1. The molecule has 2 fully saturated rings. The number of fused-ring (bicyclic) bond motifs is 2. The molecule has 1 N–H and O–H groups in total. The van der Waals surface area contributed by atoms with Crippen molar-refractivity contribution in [1.82, 2.24) is 14.8 Å². The number of anilines is 1. The number of likely N-dealkylation sites (N-methyl/N-ethyl adjacent to an activating group) is 1. The molecule has 0 spiro atoms. The summed E-state index contributed by atoms with van der Waals surface area (Å²) in [7, 11) is 1.76. The Morgan fingerprint density at radius 3 is 2.91 bits per heavy atom. The lowest BCUT2D eigenvalue weighted by atomic mass is 10.1. The molecule has 8 heteroatoms. The van der Waals surface area contributed by atoms with Crippen LogP contribution in [-0.2, 0) is 14.4 Å². The van der Waals surface area contributed by atoms with Crippen LogP contribution in [0.15, 0.2) is 11.6 Å². The van der Waals surface area contributed by atoms with Gasteiger partial charge in [-0.1, -0.05) is 0 Å². The lowest BCUT2D eigenvalue weighted by Gasteiger charge is -2.27. The van der Waals surface area contributed by atoms with Gasteiger partial charge in [0.05, 0.1) is 0 Å². The SMILES string of the molecule is CN1C[C@@H]2CC[C@H](CC1=O)N2C(=O)CC(=O)Nc1nccs1. The molecule has 0 aromatic carbocycles. The van der Waals surface area contributed by atoms with Crippen molar-refractivity contribution >= 4 is 34.2 Å². The average Bonchev–Trinajstić information content (AvgIpc) is 3.05. The minimum absolute atomic E-state index is 0.0293. The summed E-state index contributed by atoms with van der Waals surface area (Å²) in [5.74, 6) is -0.495. The van der Waals surface area contributed by atoms with Gasteiger partial charge in [-0.2, -0.15) is 0 Å². The van der Waals surface area contributed by atoms with Crippen molar-refractivity contribution in [2.75, 3.05) is 18.9 Å². The first-order valence-electron chi connectivity index (χ1n) is 7.29. The predicted octanol–water partition coefficient (Wildman–Crippen LogP) is 0.693. The summed E-state index contributed by atoms with van der Waals surface area (Å²) in [4.78, 5) is 43.7. The number of rotatable bonds is 3. The molecule has 0 unspecified atom stereocenters. The number of hydrogen-bond acceptors (Lipinski definition) is 5. The zero-order valence-electron chi connectivity index (χ0n) is 12.3. The van der Waals surface area contributed by atoms with Crippen LogP contribution >= 0.6 is 11.3 Å². The number of hydrogen-bond donors (Lipinski definition) is 1. The molecular weight excluding hydrogens is 304 g/mol. The van der Waals surface area contributed by atoms with Gasteiger partial charge in [0.15, 0.2) is 5.13 Å². The molecule has 0 aliphatic carbocycles. The van der Waals surface area contributed by atoms with E-state index in [1.54, 1.807) is 28.4 Å². The molecule has 22 heavy (non-hydrogen) atoms.